The van der Waals surface area contributed by atoms with Crippen molar-refractivity contribution in [1.29, 1.82) is 0 Å². The fourth-order valence-corrected chi connectivity index (χ4v) is 5.88. The van der Waals surface area contributed by atoms with Crippen molar-refractivity contribution in [1.82, 2.24) is 4.98 Å². The number of Topliss-reactive ketones (excluding diaryl/α,β-unsaturated/α-hetero) is 1. The minimum atomic E-state index is -0.891. The molecule has 182 valence electrons. The Morgan fingerprint density at radius 1 is 1.11 bits per heavy atom. The van der Waals surface area contributed by atoms with Gasteiger partial charge in [0.25, 0.3) is 5.78 Å². The summed E-state index contributed by atoms with van der Waals surface area (Å²) in [5.74, 6) is -1.16. The molecule has 1 aromatic heterocycles. The molecule has 6 nitrogen and oxygen atoms in total. The van der Waals surface area contributed by atoms with Crippen LogP contribution in [0.5, 0.6) is 5.75 Å². The van der Waals surface area contributed by atoms with Crippen molar-refractivity contribution in [2.45, 2.75) is 26.8 Å². The van der Waals surface area contributed by atoms with Gasteiger partial charge in [-0.1, -0.05) is 41.1 Å². The van der Waals surface area contributed by atoms with Crippen molar-refractivity contribution in [2.75, 3.05) is 11.5 Å². The first-order valence-corrected chi connectivity index (χ1v) is 12.7. The van der Waals surface area contributed by atoms with E-state index in [0.29, 0.717) is 33.6 Å². The minimum absolute atomic E-state index is 0.0152. The molecule has 1 fully saturated rings. The molecule has 1 aliphatic rings. The molecule has 0 radical (unpaired) electrons. The number of amides is 1. The Kier molecular flexibility index (Phi) is 6.28. The second kappa shape index (κ2) is 9.41. The van der Waals surface area contributed by atoms with E-state index in [9.17, 15) is 14.7 Å². The number of ether oxygens (including phenoxy) is 1. The molecule has 4 aromatic rings. The van der Waals surface area contributed by atoms with Gasteiger partial charge in [0, 0.05) is 10.6 Å². The van der Waals surface area contributed by atoms with Crippen molar-refractivity contribution in [3.8, 4) is 5.75 Å². The van der Waals surface area contributed by atoms with Gasteiger partial charge >= 0.3 is 5.91 Å². The Hall–Kier alpha value is -3.68. The monoisotopic (exact) mass is 518 g/mol. The SMILES string of the molecule is CCOc1ccc(/C(O)=C2\C(=O)C(=O)N(c3nc4c(C)cc(C)cc4s3)[C@@H]2c2cccc(Cl)c2)cc1. The molecule has 0 saturated carbocycles. The number of carbonyl (C=O) groups excluding carboxylic acids is 2. The molecule has 1 saturated heterocycles. The van der Waals surface area contributed by atoms with Crippen LogP contribution in [-0.4, -0.2) is 28.4 Å². The summed E-state index contributed by atoms with van der Waals surface area (Å²) in [6, 6.07) is 16.8. The first-order chi connectivity index (χ1) is 17.3. The van der Waals surface area contributed by atoms with Gasteiger partial charge in [-0.05, 0) is 79.9 Å². The molecule has 1 aliphatic heterocycles. The number of aryl methyl sites for hydroxylation is 2. The fourth-order valence-electron chi connectivity index (χ4n) is 4.52. The Labute approximate surface area is 217 Å². The average molecular weight is 519 g/mol. The number of rotatable bonds is 5. The number of hydrogen-bond acceptors (Lipinski definition) is 6. The number of anilines is 1. The van der Waals surface area contributed by atoms with E-state index >= 15 is 0 Å². The highest BCUT2D eigenvalue weighted by Crippen LogP contribution is 2.45. The molecule has 0 spiro atoms. The topological polar surface area (TPSA) is 79.7 Å². The molecule has 0 unspecified atom stereocenters. The number of fused-ring (bicyclic) bond motifs is 1. The maximum Gasteiger partial charge on any atom is 0.301 e. The number of benzene rings is 3. The molecular formula is C28H23ClN2O4S. The van der Waals surface area contributed by atoms with Gasteiger partial charge in [0.2, 0.25) is 0 Å². The molecule has 1 N–H and O–H groups in total. The van der Waals surface area contributed by atoms with E-state index in [1.807, 2.05) is 32.9 Å². The molecule has 3 aromatic carbocycles. The first kappa shape index (κ1) is 24.0. The van der Waals surface area contributed by atoms with Gasteiger partial charge in [-0.2, -0.15) is 0 Å². The second-order valence-electron chi connectivity index (χ2n) is 8.61. The van der Waals surface area contributed by atoms with Gasteiger partial charge in [-0.3, -0.25) is 14.5 Å². The lowest BCUT2D eigenvalue weighted by Crippen LogP contribution is -2.29. The molecule has 0 bridgehead atoms. The van der Waals surface area contributed by atoms with Crippen LogP contribution >= 0.6 is 22.9 Å². The first-order valence-electron chi connectivity index (χ1n) is 11.5. The van der Waals surface area contributed by atoms with Gasteiger partial charge in [0.1, 0.15) is 11.5 Å². The Balaban J connectivity index is 1.70. The summed E-state index contributed by atoms with van der Waals surface area (Å²) < 4.78 is 6.40. The van der Waals surface area contributed by atoms with Gasteiger partial charge in [0.15, 0.2) is 5.13 Å². The van der Waals surface area contributed by atoms with Crippen LogP contribution < -0.4 is 9.64 Å². The summed E-state index contributed by atoms with van der Waals surface area (Å²) >= 11 is 7.63. The van der Waals surface area contributed by atoms with Gasteiger partial charge in [-0.25, -0.2) is 4.98 Å². The number of carbonyl (C=O) groups is 2. The Morgan fingerprint density at radius 3 is 2.56 bits per heavy atom. The number of aliphatic hydroxyl groups excluding tert-OH is 1. The number of aliphatic hydroxyl groups is 1. The molecular weight excluding hydrogens is 496 g/mol. The highest BCUT2D eigenvalue weighted by molar-refractivity contribution is 7.22. The van der Waals surface area contributed by atoms with Crippen molar-refractivity contribution in [2.24, 2.45) is 0 Å². The normalized spacial score (nSPS) is 17.2. The number of halogens is 1. The van der Waals surface area contributed by atoms with Gasteiger partial charge in [-0.15, -0.1) is 0 Å². The Morgan fingerprint density at radius 2 is 1.86 bits per heavy atom. The van der Waals surface area contributed by atoms with Crippen molar-refractivity contribution in [3.05, 3.63) is 93.5 Å². The van der Waals surface area contributed by atoms with Crippen LogP contribution in [-0.2, 0) is 9.59 Å². The minimum Gasteiger partial charge on any atom is -0.507 e. The lowest BCUT2D eigenvalue weighted by molar-refractivity contribution is -0.132. The van der Waals surface area contributed by atoms with E-state index in [-0.39, 0.29) is 11.3 Å². The predicted molar refractivity (Wildman–Crippen MR) is 143 cm³/mol. The Bertz CT molecular complexity index is 1540. The van der Waals surface area contributed by atoms with E-state index in [2.05, 4.69) is 0 Å². The summed E-state index contributed by atoms with van der Waals surface area (Å²) in [7, 11) is 0. The number of nitrogens with zero attached hydrogens (tertiary/aromatic N) is 2. The maximum atomic E-state index is 13.4. The molecule has 2 heterocycles. The van der Waals surface area contributed by atoms with Gasteiger partial charge < -0.3 is 9.84 Å². The van der Waals surface area contributed by atoms with Crippen LogP contribution in [0.4, 0.5) is 5.13 Å². The smallest absolute Gasteiger partial charge is 0.301 e. The zero-order valence-electron chi connectivity index (χ0n) is 19.9. The van der Waals surface area contributed by atoms with E-state index in [1.54, 1.807) is 48.5 Å². The van der Waals surface area contributed by atoms with Crippen molar-refractivity contribution < 1.29 is 19.4 Å². The summed E-state index contributed by atoms with van der Waals surface area (Å²) in [6.45, 7) is 6.35. The number of aromatic nitrogens is 1. The predicted octanol–water partition coefficient (Wildman–Crippen LogP) is 6.59. The fraction of sp³-hybridized carbons (Fsp3) is 0.179. The zero-order valence-corrected chi connectivity index (χ0v) is 21.5. The largest absolute Gasteiger partial charge is 0.507 e. The lowest BCUT2D eigenvalue weighted by atomic mass is 9.95. The molecule has 8 heteroatoms. The van der Waals surface area contributed by atoms with Crippen LogP contribution in [0, 0.1) is 13.8 Å². The molecule has 5 rings (SSSR count). The van der Waals surface area contributed by atoms with Crippen molar-refractivity contribution >= 4 is 55.7 Å². The van der Waals surface area contributed by atoms with E-state index in [0.717, 1.165) is 21.3 Å². The standard InChI is InChI=1S/C28H23ClN2O4S/c1-4-35-20-10-8-17(9-11-20)25(32)22-24(18-6-5-7-19(29)14-18)31(27(34)26(22)33)28-30-23-16(3)12-15(2)13-21(23)36-28/h5-14,24,32H,4H2,1-3H3/b25-22+/t24-/m1/s1. The van der Waals surface area contributed by atoms with Crippen LogP contribution in [0.2, 0.25) is 5.02 Å². The summed E-state index contributed by atoms with van der Waals surface area (Å²) in [4.78, 5) is 32.9. The lowest BCUT2D eigenvalue weighted by Gasteiger charge is -2.23. The summed E-state index contributed by atoms with van der Waals surface area (Å²) in [5.41, 5.74) is 3.83. The zero-order chi connectivity index (χ0) is 25.6. The quantitative estimate of drug-likeness (QED) is 0.183. The van der Waals surface area contributed by atoms with Crippen molar-refractivity contribution in [3.63, 3.8) is 0 Å². The maximum absolute atomic E-state index is 13.4. The summed E-state index contributed by atoms with van der Waals surface area (Å²) in [6.07, 6.45) is 0. The third-order valence-corrected chi connectivity index (χ3v) is 7.31. The van der Waals surface area contributed by atoms with E-state index in [4.69, 9.17) is 21.3 Å². The molecule has 1 atom stereocenters. The third kappa shape index (κ3) is 4.14. The number of ketones is 1. The van der Waals surface area contributed by atoms with Crippen LogP contribution in [0.25, 0.3) is 16.0 Å². The highest BCUT2D eigenvalue weighted by atomic mass is 35.5. The van der Waals surface area contributed by atoms with Gasteiger partial charge in [0.05, 0.1) is 28.4 Å². The third-order valence-electron chi connectivity index (χ3n) is 6.07. The highest BCUT2D eigenvalue weighted by Gasteiger charge is 2.48. The number of hydrogen-bond donors (Lipinski definition) is 1. The van der Waals surface area contributed by atoms with Crippen LogP contribution in [0.15, 0.2) is 66.2 Å². The molecule has 36 heavy (non-hydrogen) atoms. The van der Waals surface area contributed by atoms with E-state index < -0.39 is 17.7 Å². The molecule has 1 amide bonds. The van der Waals surface area contributed by atoms with Crippen LogP contribution in [0.1, 0.15) is 35.2 Å². The molecule has 0 aliphatic carbocycles. The summed E-state index contributed by atoms with van der Waals surface area (Å²) in [5, 5.41) is 12.1. The van der Waals surface area contributed by atoms with E-state index in [1.165, 1.54) is 16.2 Å². The second-order valence-corrected chi connectivity index (χ2v) is 10.1. The van der Waals surface area contributed by atoms with Crippen LogP contribution in [0.3, 0.4) is 0 Å². The average Bonchev–Trinajstić information content (AvgIpc) is 3.38. The number of thiazole rings is 1.